The van der Waals surface area contributed by atoms with Gasteiger partial charge in [0.1, 0.15) is 11.1 Å². The lowest BCUT2D eigenvalue weighted by molar-refractivity contribution is 0.0776. The third-order valence-corrected chi connectivity index (χ3v) is 5.39. The Morgan fingerprint density at radius 1 is 1.25 bits per heavy atom. The number of nitrogens with zero attached hydrogens (tertiary/aromatic N) is 2. The maximum atomic E-state index is 13.1. The standard InChI is InChI=1S/C22H33N3O3/c1-6-16(5)23-21(27)18-13-25(17-10-8-9-11-17)14-19(20(18)26)22(28)24(7-2)12-15(3)4/h13-14,16-17H,3,6-12H2,1-2,4-5H3,(H,23,27)/t16-/m0/s1. The maximum absolute atomic E-state index is 13.1. The topological polar surface area (TPSA) is 71.4 Å². The molecule has 1 atom stereocenters. The van der Waals surface area contributed by atoms with E-state index in [1.165, 1.54) is 0 Å². The summed E-state index contributed by atoms with van der Waals surface area (Å²) in [7, 11) is 0. The lowest BCUT2D eigenvalue weighted by atomic mass is 10.1. The fourth-order valence-corrected chi connectivity index (χ4v) is 3.55. The van der Waals surface area contributed by atoms with E-state index < -0.39 is 11.3 Å². The minimum absolute atomic E-state index is 0.0401. The van der Waals surface area contributed by atoms with Gasteiger partial charge in [0.2, 0.25) is 5.43 Å². The molecular formula is C22H33N3O3. The van der Waals surface area contributed by atoms with E-state index in [0.717, 1.165) is 37.7 Å². The smallest absolute Gasteiger partial charge is 0.259 e. The van der Waals surface area contributed by atoms with E-state index in [-0.39, 0.29) is 29.1 Å². The van der Waals surface area contributed by atoms with Crippen molar-refractivity contribution >= 4 is 11.8 Å². The largest absolute Gasteiger partial charge is 0.349 e. The first-order valence-corrected chi connectivity index (χ1v) is 10.3. The average Bonchev–Trinajstić information content (AvgIpc) is 3.20. The van der Waals surface area contributed by atoms with Gasteiger partial charge < -0.3 is 14.8 Å². The van der Waals surface area contributed by atoms with Gasteiger partial charge in [-0.15, -0.1) is 0 Å². The molecule has 1 heterocycles. The lowest BCUT2D eigenvalue weighted by Crippen LogP contribution is -2.40. The Morgan fingerprint density at radius 3 is 2.39 bits per heavy atom. The molecule has 1 N–H and O–H groups in total. The normalized spacial score (nSPS) is 15.3. The zero-order valence-corrected chi connectivity index (χ0v) is 17.6. The zero-order chi connectivity index (χ0) is 20.8. The predicted molar refractivity (Wildman–Crippen MR) is 112 cm³/mol. The molecule has 1 aliphatic rings. The summed E-state index contributed by atoms with van der Waals surface area (Å²) in [5.74, 6) is -0.760. The van der Waals surface area contributed by atoms with Gasteiger partial charge in [0.05, 0.1) is 0 Å². The van der Waals surface area contributed by atoms with Gasteiger partial charge in [-0.05, 0) is 40.0 Å². The second kappa shape index (κ2) is 9.71. The van der Waals surface area contributed by atoms with Gasteiger partial charge in [0.15, 0.2) is 0 Å². The first-order chi connectivity index (χ1) is 13.3. The number of hydrogen-bond acceptors (Lipinski definition) is 3. The predicted octanol–water partition coefficient (Wildman–Crippen LogP) is 3.53. The van der Waals surface area contributed by atoms with Gasteiger partial charge in [0, 0.05) is 37.6 Å². The number of nitrogens with one attached hydrogen (secondary N) is 1. The van der Waals surface area contributed by atoms with Gasteiger partial charge in [0.25, 0.3) is 11.8 Å². The number of carbonyl (C=O) groups is 2. The Morgan fingerprint density at radius 2 is 1.86 bits per heavy atom. The van der Waals surface area contributed by atoms with Crippen LogP contribution in [-0.2, 0) is 0 Å². The molecule has 1 saturated carbocycles. The van der Waals surface area contributed by atoms with Crippen molar-refractivity contribution in [1.82, 2.24) is 14.8 Å². The quantitative estimate of drug-likeness (QED) is 0.694. The maximum Gasteiger partial charge on any atom is 0.259 e. The van der Waals surface area contributed by atoms with Crippen molar-refractivity contribution in [2.24, 2.45) is 0 Å². The minimum Gasteiger partial charge on any atom is -0.349 e. The highest BCUT2D eigenvalue weighted by Gasteiger charge is 2.26. The first kappa shape index (κ1) is 21.9. The Hall–Kier alpha value is -2.37. The van der Waals surface area contributed by atoms with Crippen LogP contribution in [0.2, 0.25) is 0 Å². The monoisotopic (exact) mass is 387 g/mol. The van der Waals surface area contributed by atoms with Gasteiger partial charge in [-0.25, -0.2) is 0 Å². The molecule has 0 spiro atoms. The average molecular weight is 388 g/mol. The van der Waals surface area contributed by atoms with Gasteiger partial charge in [-0.2, -0.15) is 0 Å². The molecule has 0 radical (unpaired) electrons. The van der Waals surface area contributed by atoms with Gasteiger partial charge in [-0.3, -0.25) is 14.4 Å². The Balaban J connectivity index is 2.50. The van der Waals surface area contributed by atoms with Crippen molar-refractivity contribution in [3.05, 3.63) is 45.9 Å². The summed E-state index contributed by atoms with van der Waals surface area (Å²) < 4.78 is 1.90. The molecular weight excluding hydrogens is 354 g/mol. The summed E-state index contributed by atoms with van der Waals surface area (Å²) in [5.41, 5.74) is 0.452. The molecule has 2 rings (SSSR count). The Bertz CT molecular complexity index is 791. The number of carbonyl (C=O) groups excluding carboxylic acids is 2. The molecule has 0 aliphatic heterocycles. The van der Waals surface area contributed by atoms with Crippen LogP contribution in [0.5, 0.6) is 0 Å². The third kappa shape index (κ3) is 5.12. The molecule has 28 heavy (non-hydrogen) atoms. The van der Waals surface area contributed by atoms with Crippen LogP contribution in [0.4, 0.5) is 0 Å². The van der Waals surface area contributed by atoms with Crippen molar-refractivity contribution in [1.29, 1.82) is 0 Å². The molecule has 6 heteroatoms. The number of amides is 2. The van der Waals surface area contributed by atoms with E-state index in [9.17, 15) is 14.4 Å². The van der Waals surface area contributed by atoms with Crippen LogP contribution in [0, 0.1) is 0 Å². The van der Waals surface area contributed by atoms with Crippen LogP contribution in [-0.4, -0.2) is 40.4 Å². The lowest BCUT2D eigenvalue weighted by Gasteiger charge is -2.23. The Labute approximate surface area is 167 Å². The molecule has 0 bridgehead atoms. The van der Waals surface area contributed by atoms with E-state index in [1.54, 1.807) is 17.3 Å². The molecule has 2 amide bonds. The molecule has 1 aromatic heterocycles. The highest BCUT2D eigenvalue weighted by molar-refractivity contribution is 5.99. The number of aromatic nitrogens is 1. The van der Waals surface area contributed by atoms with Crippen molar-refractivity contribution in [2.45, 2.75) is 71.9 Å². The Kier molecular flexibility index (Phi) is 7.61. The van der Waals surface area contributed by atoms with Crippen molar-refractivity contribution in [2.75, 3.05) is 13.1 Å². The van der Waals surface area contributed by atoms with E-state index in [0.29, 0.717) is 13.1 Å². The van der Waals surface area contributed by atoms with E-state index in [2.05, 4.69) is 11.9 Å². The summed E-state index contributed by atoms with van der Waals surface area (Å²) in [5, 5.41) is 2.85. The highest BCUT2D eigenvalue weighted by Crippen LogP contribution is 2.29. The van der Waals surface area contributed by atoms with Gasteiger partial charge in [-0.1, -0.05) is 31.9 Å². The van der Waals surface area contributed by atoms with Crippen molar-refractivity contribution in [3.8, 4) is 0 Å². The molecule has 0 saturated heterocycles. The van der Waals surface area contributed by atoms with Gasteiger partial charge >= 0.3 is 0 Å². The third-order valence-electron chi connectivity index (χ3n) is 5.39. The number of hydrogen-bond donors (Lipinski definition) is 1. The minimum atomic E-state index is -0.500. The second-order valence-electron chi connectivity index (χ2n) is 7.86. The number of rotatable bonds is 8. The van der Waals surface area contributed by atoms with E-state index in [4.69, 9.17) is 0 Å². The molecule has 1 fully saturated rings. The number of pyridine rings is 1. The fourth-order valence-electron chi connectivity index (χ4n) is 3.55. The van der Waals surface area contributed by atoms with Crippen LogP contribution in [0.15, 0.2) is 29.3 Å². The first-order valence-electron chi connectivity index (χ1n) is 10.3. The van der Waals surface area contributed by atoms with Crippen LogP contribution < -0.4 is 10.7 Å². The van der Waals surface area contributed by atoms with E-state index >= 15 is 0 Å². The summed E-state index contributed by atoms with van der Waals surface area (Å²) in [4.78, 5) is 40.5. The summed E-state index contributed by atoms with van der Waals surface area (Å²) in [6, 6.07) is 0.181. The van der Waals surface area contributed by atoms with Crippen LogP contribution >= 0.6 is 0 Å². The van der Waals surface area contributed by atoms with Crippen molar-refractivity contribution in [3.63, 3.8) is 0 Å². The number of likely N-dealkylation sites (N-methyl/N-ethyl adjacent to an activating group) is 1. The summed E-state index contributed by atoms with van der Waals surface area (Å²) >= 11 is 0. The second-order valence-corrected chi connectivity index (χ2v) is 7.86. The molecule has 1 aliphatic carbocycles. The molecule has 6 nitrogen and oxygen atoms in total. The zero-order valence-electron chi connectivity index (χ0n) is 17.6. The molecule has 0 unspecified atom stereocenters. The molecule has 154 valence electrons. The van der Waals surface area contributed by atoms with Crippen LogP contribution in [0.3, 0.4) is 0 Å². The summed E-state index contributed by atoms with van der Waals surface area (Å²) in [6.07, 6.45) is 8.25. The van der Waals surface area contributed by atoms with Crippen LogP contribution in [0.25, 0.3) is 0 Å². The molecule has 1 aromatic rings. The van der Waals surface area contributed by atoms with Crippen molar-refractivity contribution < 1.29 is 9.59 Å². The fraction of sp³-hybridized carbons (Fsp3) is 0.591. The van der Waals surface area contributed by atoms with Crippen LogP contribution in [0.1, 0.15) is 86.6 Å². The SMILES string of the molecule is C=C(C)CN(CC)C(=O)c1cn(C2CCCC2)cc(C(=O)N[C@@H](C)CC)c1=O. The van der Waals surface area contributed by atoms with E-state index in [1.807, 2.05) is 32.3 Å². The summed E-state index contributed by atoms with van der Waals surface area (Å²) in [6.45, 7) is 12.3. The molecule has 0 aromatic carbocycles. The highest BCUT2D eigenvalue weighted by atomic mass is 16.2.